The number of rotatable bonds is 3. The second-order valence-electron chi connectivity index (χ2n) is 2.60. The third-order valence-electron chi connectivity index (χ3n) is 1.60. The number of nitrogens with one attached hydrogen (secondary N) is 1. The number of benzene rings is 1. The SMILES string of the molecule is N#CC(C=O)C(=O)Nc1ccccc1. The Kier molecular flexibility index (Phi) is 3.39. The molecule has 14 heavy (non-hydrogen) atoms. The molecule has 1 aromatic rings. The number of nitrogens with zero attached hydrogens (tertiary/aromatic N) is 1. The Morgan fingerprint density at radius 2 is 2.07 bits per heavy atom. The van der Waals surface area contributed by atoms with Gasteiger partial charge >= 0.3 is 0 Å². The highest BCUT2D eigenvalue weighted by Crippen LogP contribution is 2.06. The fourth-order valence-corrected chi connectivity index (χ4v) is 0.892. The maximum Gasteiger partial charge on any atom is 0.249 e. The molecule has 1 rings (SSSR count). The summed E-state index contributed by atoms with van der Waals surface area (Å²) in [6.07, 6.45) is 0.318. The van der Waals surface area contributed by atoms with Gasteiger partial charge in [-0.15, -0.1) is 0 Å². The van der Waals surface area contributed by atoms with Gasteiger partial charge in [-0.05, 0) is 12.1 Å². The molecule has 0 aromatic heterocycles. The summed E-state index contributed by atoms with van der Waals surface area (Å²) in [7, 11) is 0. The number of nitriles is 1. The minimum Gasteiger partial charge on any atom is -0.325 e. The molecule has 70 valence electrons. The second-order valence-corrected chi connectivity index (χ2v) is 2.60. The first kappa shape index (κ1) is 9.93. The van der Waals surface area contributed by atoms with Crippen molar-refractivity contribution < 1.29 is 9.59 Å². The van der Waals surface area contributed by atoms with E-state index in [9.17, 15) is 9.59 Å². The van der Waals surface area contributed by atoms with Crippen LogP contribution < -0.4 is 5.32 Å². The summed E-state index contributed by atoms with van der Waals surface area (Å²) < 4.78 is 0. The molecule has 1 amide bonds. The summed E-state index contributed by atoms with van der Waals surface area (Å²) >= 11 is 0. The second kappa shape index (κ2) is 4.77. The van der Waals surface area contributed by atoms with Crippen LogP contribution in [-0.2, 0) is 9.59 Å². The van der Waals surface area contributed by atoms with Crippen molar-refractivity contribution >= 4 is 17.9 Å². The predicted molar refractivity (Wildman–Crippen MR) is 50.2 cm³/mol. The fraction of sp³-hybridized carbons (Fsp3) is 0.100. The monoisotopic (exact) mass is 188 g/mol. The van der Waals surface area contributed by atoms with Crippen molar-refractivity contribution in [3.05, 3.63) is 30.3 Å². The van der Waals surface area contributed by atoms with Crippen molar-refractivity contribution in [2.75, 3.05) is 5.32 Å². The molecule has 1 aromatic carbocycles. The highest BCUT2D eigenvalue weighted by molar-refractivity contribution is 6.02. The molecule has 0 saturated heterocycles. The summed E-state index contributed by atoms with van der Waals surface area (Å²) in [6.45, 7) is 0. The summed E-state index contributed by atoms with van der Waals surface area (Å²) in [5.74, 6) is -1.84. The maximum absolute atomic E-state index is 11.2. The lowest BCUT2D eigenvalue weighted by atomic mass is 10.2. The van der Waals surface area contributed by atoms with E-state index in [2.05, 4.69) is 5.32 Å². The van der Waals surface area contributed by atoms with Crippen molar-refractivity contribution in [3.63, 3.8) is 0 Å². The van der Waals surface area contributed by atoms with E-state index in [1.54, 1.807) is 36.4 Å². The summed E-state index contributed by atoms with van der Waals surface area (Å²) in [6, 6.07) is 10.2. The fourth-order valence-electron chi connectivity index (χ4n) is 0.892. The van der Waals surface area contributed by atoms with Gasteiger partial charge in [-0.25, -0.2) is 0 Å². The van der Waals surface area contributed by atoms with Crippen molar-refractivity contribution in [1.82, 2.24) is 0 Å². The van der Waals surface area contributed by atoms with E-state index in [4.69, 9.17) is 5.26 Å². The molecule has 0 heterocycles. The van der Waals surface area contributed by atoms with Gasteiger partial charge in [0.05, 0.1) is 6.07 Å². The quantitative estimate of drug-likeness (QED) is 0.567. The Balaban J connectivity index is 2.67. The molecule has 0 radical (unpaired) electrons. The normalized spacial score (nSPS) is 11.1. The van der Waals surface area contributed by atoms with Gasteiger partial charge in [0, 0.05) is 5.69 Å². The molecule has 1 atom stereocenters. The zero-order chi connectivity index (χ0) is 10.4. The van der Waals surface area contributed by atoms with Gasteiger partial charge in [-0.2, -0.15) is 5.26 Å². The standard InChI is InChI=1S/C10H8N2O2/c11-6-8(7-13)10(14)12-9-4-2-1-3-5-9/h1-5,7-8H,(H,12,14). The predicted octanol–water partition coefficient (Wildman–Crippen LogP) is 0.964. The summed E-state index contributed by atoms with van der Waals surface area (Å²) in [4.78, 5) is 21.5. The van der Waals surface area contributed by atoms with E-state index in [0.29, 0.717) is 12.0 Å². The zero-order valence-corrected chi connectivity index (χ0v) is 7.31. The number of anilines is 1. The Labute approximate surface area is 81.2 Å². The molecule has 4 nitrogen and oxygen atoms in total. The zero-order valence-electron chi connectivity index (χ0n) is 7.31. The third-order valence-corrected chi connectivity index (χ3v) is 1.60. The first-order chi connectivity index (χ1) is 6.77. The smallest absolute Gasteiger partial charge is 0.249 e. The first-order valence-corrected chi connectivity index (χ1v) is 3.98. The molecule has 1 N–H and O–H groups in total. The van der Waals surface area contributed by atoms with Crippen LogP contribution in [0.4, 0.5) is 5.69 Å². The van der Waals surface area contributed by atoms with Crippen molar-refractivity contribution in [3.8, 4) is 6.07 Å². The molecule has 0 saturated carbocycles. The highest BCUT2D eigenvalue weighted by atomic mass is 16.2. The molecule has 0 aliphatic carbocycles. The average molecular weight is 188 g/mol. The van der Waals surface area contributed by atoms with Gasteiger partial charge in [0.2, 0.25) is 5.91 Å². The van der Waals surface area contributed by atoms with Crippen molar-refractivity contribution in [2.24, 2.45) is 5.92 Å². The van der Waals surface area contributed by atoms with Gasteiger partial charge in [0.15, 0.2) is 5.92 Å². The molecule has 1 unspecified atom stereocenters. The van der Waals surface area contributed by atoms with E-state index in [-0.39, 0.29) is 0 Å². The third kappa shape index (κ3) is 2.42. The number of hydrogen-bond donors (Lipinski definition) is 1. The van der Waals surface area contributed by atoms with Gasteiger partial charge in [0.25, 0.3) is 0 Å². The lowest BCUT2D eigenvalue weighted by molar-refractivity contribution is -0.122. The minimum absolute atomic E-state index is 0.318. The molecule has 0 aliphatic heterocycles. The molecule has 0 bridgehead atoms. The van der Waals surface area contributed by atoms with Crippen LogP contribution in [0.5, 0.6) is 0 Å². The van der Waals surface area contributed by atoms with Crippen LogP contribution in [0.25, 0.3) is 0 Å². The molecule has 0 aliphatic rings. The van der Waals surface area contributed by atoms with Crippen molar-refractivity contribution in [2.45, 2.75) is 0 Å². The highest BCUT2D eigenvalue weighted by Gasteiger charge is 2.15. The summed E-state index contributed by atoms with van der Waals surface area (Å²) in [5, 5.41) is 10.9. The van der Waals surface area contributed by atoms with E-state index < -0.39 is 11.8 Å². The Hall–Kier alpha value is -2.15. The summed E-state index contributed by atoms with van der Waals surface area (Å²) in [5.41, 5.74) is 0.569. The average Bonchev–Trinajstić information content (AvgIpc) is 2.21. The Bertz CT molecular complexity index is 367. The van der Waals surface area contributed by atoms with E-state index >= 15 is 0 Å². The molecule has 0 fully saturated rings. The number of para-hydroxylation sites is 1. The minimum atomic E-state index is -1.24. The first-order valence-electron chi connectivity index (χ1n) is 3.98. The van der Waals surface area contributed by atoms with E-state index in [0.717, 1.165) is 0 Å². The lowest BCUT2D eigenvalue weighted by Gasteiger charge is -2.04. The Morgan fingerprint density at radius 3 is 2.57 bits per heavy atom. The largest absolute Gasteiger partial charge is 0.325 e. The lowest BCUT2D eigenvalue weighted by Crippen LogP contribution is -2.22. The van der Waals surface area contributed by atoms with Crippen LogP contribution in [0.3, 0.4) is 0 Å². The van der Waals surface area contributed by atoms with Crippen LogP contribution >= 0.6 is 0 Å². The molecule has 4 heteroatoms. The maximum atomic E-state index is 11.2. The van der Waals surface area contributed by atoms with Gasteiger partial charge in [-0.3, -0.25) is 4.79 Å². The van der Waals surface area contributed by atoms with Crippen LogP contribution in [0.2, 0.25) is 0 Å². The van der Waals surface area contributed by atoms with Crippen LogP contribution in [0.15, 0.2) is 30.3 Å². The number of carbonyl (C=O) groups excluding carboxylic acids is 2. The number of carbonyl (C=O) groups is 2. The number of aldehydes is 1. The molecular weight excluding hydrogens is 180 g/mol. The molecular formula is C10H8N2O2. The topological polar surface area (TPSA) is 70.0 Å². The van der Waals surface area contributed by atoms with Crippen molar-refractivity contribution in [1.29, 1.82) is 5.26 Å². The van der Waals surface area contributed by atoms with Crippen LogP contribution in [0, 0.1) is 17.2 Å². The van der Waals surface area contributed by atoms with Crippen LogP contribution in [-0.4, -0.2) is 12.2 Å². The van der Waals surface area contributed by atoms with Crippen LogP contribution in [0.1, 0.15) is 0 Å². The number of amides is 1. The van der Waals surface area contributed by atoms with Gasteiger partial charge in [-0.1, -0.05) is 18.2 Å². The van der Waals surface area contributed by atoms with E-state index in [1.807, 2.05) is 0 Å². The van der Waals surface area contributed by atoms with Gasteiger partial charge in [0.1, 0.15) is 6.29 Å². The molecule has 0 spiro atoms. The van der Waals surface area contributed by atoms with Gasteiger partial charge < -0.3 is 10.1 Å². The Morgan fingerprint density at radius 1 is 1.43 bits per heavy atom. The number of hydrogen-bond acceptors (Lipinski definition) is 3. The van der Waals surface area contributed by atoms with E-state index in [1.165, 1.54) is 0 Å².